The summed E-state index contributed by atoms with van der Waals surface area (Å²) in [6.45, 7) is -0.141. The number of carbonyl (C=O) groups excluding carboxylic acids is 3. The molecule has 2 aromatic carbocycles. The Kier molecular flexibility index (Phi) is 6.71. The first-order chi connectivity index (χ1) is 12.1. The molecule has 0 aliphatic carbocycles. The molecule has 2 rings (SSSR count). The molecule has 2 aromatic rings. The number of Topliss-reactive ketones (excluding diaryl/α,β-unsaturated/α-hetero) is 1. The molecule has 0 aliphatic rings. The van der Waals surface area contributed by atoms with Gasteiger partial charge in [-0.3, -0.25) is 14.4 Å². The molecule has 0 unspecified atom stereocenters. The van der Waals surface area contributed by atoms with Crippen LogP contribution in [0.3, 0.4) is 0 Å². The van der Waals surface area contributed by atoms with Gasteiger partial charge in [-0.1, -0.05) is 30.3 Å². The summed E-state index contributed by atoms with van der Waals surface area (Å²) in [7, 11) is 1.57. The molecule has 0 radical (unpaired) electrons. The number of methoxy groups -OCH3 is 1. The zero-order valence-corrected chi connectivity index (χ0v) is 13.9. The van der Waals surface area contributed by atoms with Crippen molar-refractivity contribution in [2.45, 2.75) is 13.0 Å². The Bertz CT molecular complexity index is 725. The first-order valence-corrected chi connectivity index (χ1v) is 7.72. The quantitative estimate of drug-likeness (QED) is 0.587. The SMILES string of the molecule is COc1ccc(COC(=O)CC(=O)CNC(=O)c2ccccc2)cc1. The van der Waals surface area contributed by atoms with Gasteiger partial charge >= 0.3 is 5.97 Å². The molecule has 0 aromatic heterocycles. The molecule has 0 saturated heterocycles. The predicted molar refractivity (Wildman–Crippen MR) is 91.2 cm³/mol. The van der Waals surface area contributed by atoms with Crippen LogP contribution in [0.15, 0.2) is 54.6 Å². The highest BCUT2D eigenvalue weighted by Crippen LogP contribution is 2.12. The van der Waals surface area contributed by atoms with Gasteiger partial charge in [0.1, 0.15) is 18.8 Å². The van der Waals surface area contributed by atoms with Crippen LogP contribution in [-0.4, -0.2) is 31.3 Å². The minimum Gasteiger partial charge on any atom is -0.497 e. The average molecular weight is 341 g/mol. The number of carbonyl (C=O) groups is 3. The molecule has 1 N–H and O–H groups in total. The lowest BCUT2D eigenvalue weighted by Crippen LogP contribution is -2.30. The van der Waals surface area contributed by atoms with E-state index < -0.39 is 11.8 Å². The van der Waals surface area contributed by atoms with Crippen molar-refractivity contribution < 1.29 is 23.9 Å². The van der Waals surface area contributed by atoms with E-state index in [0.29, 0.717) is 11.3 Å². The second-order valence-electron chi connectivity index (χ2n) is 5.27. The number of rotatable bonds is 8. The standard InChI is InChI=1S/C19H19NO5/c1-24-17-9-7-14(8-10-17)13-25-18(22)11-16(21)12-20-19(23)15-5-3-2-4-6-15/h2-10H,11-13H2,1H3,(H,20,23). The molecule has 0 fully saturated rings. The molecule has 130 valence electrons. The Morgan fingerprint density at radius 1 is 0.960 bits per heavy atom. The molecule has 6 heteroatoms. The Balaban J connectivity index is 1.70. The minimum absolute atomic E-state index is 0.0759. The molecular formula is C19H19NO5. The summed E-state index contributed by atoms with van der Waals surface area (Å²) in [6.07, 6.45) is -0.384. The van der Waals surface area contributed by atoms with Gasteiger partial charge in [0.2, 0.25) is 0 Å². The van der Waals surface area contributed by atoms with Crippen LogP contribution in [-0.2, 0) is 20.9 Å². The van der Waals surface area contributed by atoms with Crippen LogP contribution in [0.25, 0.3) is 0 Å². The fraction of sp³-hybridized carbons (Fsp3) is 0.211. The van der Waals surface area contributed by atoms with E-state index in [-0.39, 0.29) is 25.5 Å². The maximum absolute atomic E-state index is 11.8. The maximum atomic E-state index is 11.8. The molecule has 0 bridgehead atoms. The first kappa shape index (κ1) is 18.2. The van der Waals surface area contributed by atoms with E-state index >= 15 is 0 Å². The third-order valence-electron chi connectivity index (χ3n) is 3.38. The van der Waals surface area contributed by atoms with Crippen LogP contribution in [0.4, 0.5) is 0 Å². The third-order valence-corrected chi connectivity index (χ3v) is 3.38. The number of ketones is 1. The van der Waals surface area contributed by atoms with Crippen LogP contribution in [0, 0.1) is 0 Å². The van der Waals surface area contributed by atoms with Crippen molar-refractivity contribution in [1.82, 2.24) is 5.32 Å². The van der Waals surface area contributed by atoms with Crippen molar-refractivity contribution in [1.29, 1.82) is 0 Å². The number of benzene rings is 2. The van der Waals surface area contributed by atoms with E-state index in [0.717, 1.165) is 5.56 Å². The number of ether oxygens (including phenoxy) is 2. The Hall–Kier alpha value is -3.15. The average Bonchev–Trinajstić information content (AvgIpc) is 2.65. The summed E-state index contributed by atoms with van der Waals surface area (Å²) < 4.78 is 10.1. The van der Waals surface area contributed by atoms with Crippen molar-refractivity contribution >= 4 is 17.7 Å². The molecular weight excluding hydrogens is 322 g/mol. The summed E-state index contributed by atoms with van der Waals surface area (Å²) in [6, 6.07) is 15.6. The second-order valence-corrected chi connectivity index (χ2v) is 5.27. The highest BCUT2D eigenvalue weighted by Gasteiger charge is 2.13. The summed E-state index contributed by atoms with van der Waals surface area (Å²) in [4.78, 5) is 35.2. The molecule has 0 heterocycles. The monoisotopic (exact) mass is 341 g/mol. The summed E-state index contributed by atoms with van der Waals surface area (Å²) in [5.41, 5.74) is 1.25. The van der Waals surface area contributed by atoms with Gasteiger partial charge in [0.05, 0.1) is 13.7 Å². The lowest BCUT2D eigenvalue weighted by Gasteiger charge is -2.07. The van der Waals surface area contributed by atoms with Gasteiger partial charge in [-0.05, 0) is 29.8 Å². The first-order valence-electron chi connectivity index (χ1n) is 7.72. The van der Waals surface area contributed by atoms with Gasteiger partial charge in [0.15, 0.2) is 5.78 Å². The molecule has 6 nitrogen and oxygen atoms in total. The van der Waals surface area contributed by atoms with Crippen molar-refractivity contribution in [2.75, 3.05) is 13.7 Å². The van der Waals surface area contributed by atoms with Gasteiger partial charge < -0.3 is 14.8 Å². The third kappa shape index (κ3) is 6.10. The van der Waals surface area contributed by atoms with Crippen LogP contribution in [0.5, 0.6) is 5.75 Å². The fourth-order valence-electron chi connectivity index (χ4n) is 2.03. The van der Waals surface area contributed by atoms with Crippen molar-refractivity contribution in [2.24, 2.45) is 0 Å². The largest absolute Gasteiger partial charge is 0.497 e. The van der Waals surface area contributed by atoms with E-state index in [1.54, 1.807) is 61.7 Å². The van der Waals surface area contributed by atoms with Crippen LogP contribution in [0.2, 0.25) is 0 Å². The van der Waals surface area contributed by atoms with E-state index in [1.165, 1.54) is 0 Å². The zero-order valence-electron chi connectivity index (χ0n) is 13.9. The zero-order chi connectivity index (χ0) is 18.1. The molecule has 0 atom stereocenters. The summed E-state index contributed by atoms with van der Waals surface area (Å²) in [5, 5.41) is 2.48. The van der Waals surface area contributed by atoms with E-state index in [9.17, 15) is 14.4 Å². The van der Waals surface area contributed by atoms with Crippen molar-refractivity contribution in [3.63, 3.8) is 0 Å². The molecule has 25 heavy (non-hydrogen) atoms. The van der Waals surface area contributed by atoms with Crippen molar-refractivity contribution in [3.8, 4) is 5.75 Å². The van der Waals surface area contributed by atoms with Gasteiger partial charge in [0.25, 0.3) is 5.91 Å². The van der Waals surface area contributed by atoms with Gasteiger partial charge in [0, 0.05) is 5.56 Å². The Morgan fingerprint density at radius 3 is 2.28 bits per heavy atom. The van der Waals surface area contributed by atoms with E-state index in [1.807, 2.05) is 0 Å². The topological polar surface area (TPSA) is 81.7 Å². The normalized spacial score (nSPS) is 9.96. The number of nitrogens with one attached hydrogen (secondary N) is 1. The second kappa shape index (κ2) is 9.22. The lowest BCUT2D eigenvalue weighted by atomic mass is 10.2. The number of esters is 1. The number of amides is 1. The van der Waals surface area contributed by atoms with Gasteiger partial charge in [-0.25, -0.2) is 0 Å². The van der Waals surface area contributed by atoms with Gasteiger partial charge in [-0.15, -0.1) is 0 Å². The minimum atomic E-state index is -0.630. The van der Waals surface area contributed by atoms with Crippen molar-refractivity contribution in [3.05, 3.63) is 65.7 Å². The Morgan fingerprint density at radius 2 is 1.64 bits per heavy atom. The van der Waals surface area contributed by atoms with E-state index in [2.05, 4.69) is 5.32 Å². The Labute approximate surface area is 145 Å². The maximum Gasteiger partial charge on any atom is 0.313 e. The number of hydrogen-bond acceptors (Lipinski definition) is 5. The predicted octanol–water partition coefficient (Wildman–Crippen LogP) is 2.13. The van der Waals surface area contributed by atoms with Crippen LogP contribution >= 0.6 is 0 Å². The summed E-state index contributed by atoms with van der Waals surface area (Å²) >= 11 is 0. The lowest BCUT2D eigenvalue weighted by molar-refractivity contribution is -0.147. The van der Waals surface area contributed by atoms with Gasteiger partial charge in [-0.2, -0.15) is 0 Å². The molecule has 0 spiro atoms. The fourth-order valence-corrected chi connectivity index (χ4v) is 2.03. The molecule has 0 aliphatic heterocycles. The smallest absolute Gasteiger partial charge is 0.313 e. The van der Waals surface area contributed by atoms with Crippen LogP contribution in [0.1, 0.15) is 22.3 Å². The molecule has 1 amide bonds. The summed E-state index contributed by atoms with van der Waals surface area (Å²) in [5.74, 6) is -0.696. The van der Waals surface area contributed by atoms with E-state index in [4.69, 9.17) is 9.47 Å². The number of hydrogen-bond donors (Lipinski definition) is 1. The van der Waals surface area contributed by atoms with Crippen LogP contribution < -0.4 is 10.1 Å². The highest BCUT2D eigenvalue weighted by molar-refractivity contribution is 6.00. The highest BCUT2D eigenvalue weighted by atomic mass is 16.5. The molecule has 0 saturated carbocycles.